The molecule has 2 aromatic rings. The summed E-state index contributed by atoms with van der Waals surface area (Å²) in [4.78, 5) is 24.8. The summed E-state index contributed by atoms with van der Waals surface area (Å²) in [7, 11) is 1.69. The lowest BCUT2D eigenvalue weighted by Crippen LogP contribution is -2.40. The molecule has 0 spiro atoms. The maximum absolute atomic E-state index is 12.3. The summed E-state index contributed by atoms with van der Waals surface area (Å²) in [5.74, 6) is -0.585. The van der Waals surface area contributed by atoms with Gasteiger partial charge < -0.3 is 11.1 Å². The van der Waals surface area contributed by atoms with Crippen molar-refractivity contribution in [1.29, 1.82) is 0 Å². The zero-order chi connectivity index (χ0) is 17.4. The number of rotatable bonds is 8. The van der Waals surface area contributed by atoms with E-state index in [9.17, 15) is 9.59 Å². The van der Waals surface area contributed by atoms with Crippen molar-refractivity contribution in [2.45, 2.75) is 12.5 Å². The number of likely N-dealkylation sites (N-methyl/N-ethyl adjacent to an activating group) is 1. The van der Waals surface area contributed by atoms with Crippen molar-refractivity contribution >= 4 is 11.8 Å². The Hall–Kier alpha value is -2.66. The van der Waals surface area contributed by atoms with E-state index in [4.69, 9.17) is 5.73 Å². The molecule has 0 bridgehead atoms. The molecule has 126 valence electrons. The summed E-state index contributed by atoms with van der Waals surface area (Å²) in [5.41, 5.74) is 7.35. The van der Waals surface area contributed by atoms with Crippen LogP contribution in [0.1, 0.15) is 17.2 Å². The summed E-state index contributed by atoms with van der Waals surface area (Å²) in [6, 6.07) is 19.8. The third kappa shape index (κ3) is 5.85. The van der Waals surface area contributed by atoms with Crippen LogP contribution in [-0.4, -0.2) is 36.9 Å². The molecule has 5 nitrogen and oxygen atoms in total. The van der Waals surface area contributed by atoms with Crippen LogP contribution in [-0.2, 0) is 16.0 Å². The molecule has 0 heterocycles. The van der Waals surface area contributed by atoms with Crippen LogP contribution in [0.3, 0.4) is 0 Å². The smallest absolute Gasteiger partial charge is 0.234 e. The first-order valence-electron chi connectivity index (χ1n) is 7.89. The molecule has 0 unspecified atom stereocenters. The predicted molar refractivity (Wildman–Crippen MR) is 94.2 cm³/mol. The molecule has 0 aliphatic heterocycles. The number of hydrogen-bond donors (Lipinski definition) is 2. The van der Waals surface area contributed by atoms with E-state index in [1.165, 1.54) is 0 Å². The van der Waals surface area contributed by atoms with E-state index in [0.717, 1.165) is 11.1 Å². The Morgan fingerprint density at radius 1 is 1.00 bits per heavy atom. The van der Waals surface area contributed by atoms with Crippen molar-refractivity contribution in [2.75, 3.05) is 20.1 Å². The second kappa shape index (κ2) is 8.84. The summed E-state index contributed by atoms with van der Waals surface area (Å²) >= 11 is 0. The maximum atomic E-state index is 12.3. The predicted octanol–water partition coefficient (Wildman–Crippen LogP) is 1.50. The fourth-order valence-electron chi connectivity index (χ4n) is 2.59. The Morgan fingerprint density at radius 2 is 1.58 bits per heavy atom. The van der Waals surface area contributed by atoms with Crippen molar-refractivity contribution in [3.05, 3.63) is 71.8 Å². The molecule has 5 heteroatoms. The molecule has 3 N–H and O–H groups in total. The second-order valence-electron chi connectivity index (χ2n) is 5.86. The number of nitrogens with zero attached hydrogens (tertiary/aromatic N) is 1. The van der Waals surface area contributed by atoms with Gasteiger partial charge in [-0.2, -0.15) is 0 Å². The number of hydrogen-bond acceptors (Lipinski definition) is 3. The quantitative estimate of drug-likeness (QED) is 0.772. The molecule has 0 aromatic heterocycles. The van der Waals surface area contributed by atoms with Crippen molar-refractivity contribution in [1.82, 2.24) is 10.2 Å². The van der Waals surface area contributed by atoms with Gasteiger partial charge in [-0.25, -0.2) is 0 Å². The van der Waals surface area contributed by atoms with Gasteiger partial charge >= 0.3 is 0 Å². The van der Waals surface area contributed by atoms with Crippen LogP contribution in [0.5, 0.6) is 0 Å². The van der Waals surface area contributed by atoms with E-state index in [0.29, 0.717) is 6.42 Å². The lowest BCUT2D eigenvalue weighted by atomic mass is 9.99. The van der Waals surface area contributed by atoms with Gasteiger partial charge in [0.15, 0.2) is 0 Å². The topological polar surface area (TPSA) is 75.4 Å². The molecule has 1 atom stereocenters. The normalized spacial score (nSPS) is 11.9. The minimum atomic E-state index is -0.450. The van der Waals surface area contributed by atoms with Crippen LogP contribution in [0.2, 0.25) is 0 Å². The zero-order valence-electron chi connectivity index (χ0n) is 13.8. The SMILES string of the molecule is CN(CC(N)=O)CC(=O)N[C@H](Cc1ccccc1)c1ccccc1. The van der Waals surface area contributed by atoms with Crippen molar-refractivity contribution in [2.24, 2.45) is 5.73 Å². The van der Waals surface area contributed by atoms with Crippen LogP contribution in [0.15, 0.2) is 60.7 Å². The fraction of sp³-hybridized carbons (Fsp3) is 0.263. The van der Waals surface area contributed by atoms with E-state index in [2.05, 4.69) is 5.32 Å². The lowest BCUT2D eigenvalue weighted by Gasteiger charge is -2.21. The Bertz CT molecular complexity index is 659. The van der Waals surface area contributed by atoms with Gasteiger partial charge in [-0.1, -0.05) is 60.7 Å². The average Bonchev–Trinajstić information content (AvgIpc) is 2.55. The second-order valence-corrected chi connectivity index (χ2v) is 5.86. The van der Waals surface area contributed by atoms with Crippen molar-refractivity contribution < 1.29 is 9.59 Å². The highest BCUT2D eigenvalue weighted by Gasteiger charge is 2.16. The van der Waals surface area contributed by atoms with E-state index in [1.807, 2.05) is 60.7 Å². The summed E-state index contributed by atoms with van der Waals surface area (Å²) < 4.78 is 0. The van der Waals surface area contributed by atoms with Gasteiger partial charge in [-0.15, -0.1) is 0 Å². The third-order valence-electron chi connectivity index (χ3n) is 3.66. The van der Waals surface area contributed by atoms with Gasteiger partial charge in [0.2, 0.25) is 11.8 Å². The molecule has 0 aliphatic carbocycles. The average molecular weight is 325 g/mol. The Morgan fingerprint density at radius 3 is 2.17 bits per heavy atom. The first-order valence-corrected chi connectivity index (χ1v) is 7.89. The van der Waals surface area contributed by atoms with Crippen molar-refractivity contribution in [3.63, 3.8) is 0 Å². The number of nitrogens with two attached hydrogens (primary N) is 1. The van der Waals surface area contributed by atoms with Crippen LogP contribution in [0, 0.1) is 0 Å². The van der Waals surface area contributed by atoms with E-state index in [1.54, 1.807) is 11.9 Å². The van der Waals surface area contributed by atoms with Crippen LogP contribution in [0.25, 0.3) is 0 Å². The van der Waals surface area contributed by atoms with Gasteiger partial charge in [-0.05, 0) is 24.6 Å². The zero-order valence-corrected chi connectivity index (χ0v) is 13.8. The summed E-state index contributed by atoms with van der Waals surface area (Å²) in [6.45, 7) is 0.184. The largest absolute Gasteiger partial charge is 0.369 e. The van der Waals surface area contributed by atoms with Gasteiger partial charge in [0.1, 0.15) is 0 Å². The number of primary amides is 1. The first kappa shape index (κ1) is 17.7. The standard InChI is InChI=1S/C19H23N3O2/c1-22(13-18(20)23)14-19(24)21-17(16-10-6-3-7-11-16)12-15-8-4-2-5-9-15/h2-11,17H,12-14H2,1H3,(H2,20,23)(H,21,24)/t17-/m1/s1. The highest BCUT2D eigenvalue weighted by atomic mass is 16.2. The molecule has 0 aliphatic rings. The molecular formula is C19H23N3O2. The molecule has 0 saturated carbocycles. The van der Waals surface area contributed by atoms with Crippen LogP contribution < -0.4 is 11.1 Å². The third-order valence-corrected chi connectivity index (χ3v) is 3.66. The highest BCUT2D eigenvalue weighted by Crippen LogP contribution is 2.18. The number of carbonyl (C=O) groups is 2. The Labute approximate surface area is 142 Å². The fourth-order valence-corrected chi connectivity index (χ4v) is 2.59. The summed E-state index contributed by atoms with van der Waals surface area (Å²) in [5, 5.41) is 3.05. The van der Waals surface area contributed by atoms with Gasteiger partial charge in [0, 0.05) is 0 Å². The molecule has 2 aromatic carbocycles. The lowest BCUT2D eigenvalue weighted by molar-refractivity contribution is -0.123. The Balaban J connectivity index is 2.06. The van der Waals surface area contributed by atoms with Crippen LogP contribution >= 0.6 is 0 Å². The highest BCUT2D eigenvalue weighted by molar-refractivity contribution is 5.80. The minimum absolute atomic E-state index is 0.0576. The molecule has 0 radical (unpaired) electrons. The van der Waals surface area contributed by atoms with Gasteiger partial charge in [-0.3, -0.25) is 14.5 Å². The van der Waals surface area contributed by atoms with E-state index >= 15 is 0 Å². The van der Waals surface area contributed by atoms with E-state index < -0.39 is 5.91 Å². The van der Waals surface area contributed by atoms with E-state index in [-0.39, 0.29) is 25.0 Å². The molecule has 0 saturated heterocycles. The summed E-state index contributed by atoms with van der Waals surface area (Å²) in [6.07, 6.45) is 0.704. The molecular weight excluding hydrogens is 302 g/mol. The minimum Gasteiger partial charge on any atom is -0.369 e. The number of benzene rings is 2. The monoisotopic (exact) mass is 325 g/mol. The number of nitrogens with one attached hydrogen (secondary N) is 1. The first-order chi connectivity index (χ1) is 11.5. The molecule has 2 rings (SSSR count). The molecule has 2 amide bonds. The van der Waals surface area contributed by atoms with Gasteiger partial charge in [0.05, 0.1) is 19.1 Å². The maximum Gasteiger partial charge on any atom is 0.234 e. The van der Waals surface area contributed by atoms with Crippen molar-refractivity contribution in [3.8, 4) is 0 Å². The molecule has 24 heavy (non-hydrogen) atoms. The molecule has 0 fully saturated rings. The number of carbonyl (C=O) groups excluding carboxylic acids is 2. The Kier molecular flexibility index (Phi) is 6.51. The number of amides is 2. The van der Waals surface area contributed by atoms with Gasteiger partial charge in [0.25, 0.3) is 0 Å². The van der Waals surface area contributed by atoms with Crippen LogP contribution in [0.4, 0.5) is 0 Å².